The number of nitrogens with one attached hydrogen (secondary N) is 1. The maximum atomic E-state index is 5.10. The van der Waals surface area contributed by atoms with E-state index in [4.69, 9.17) is 4.52 Å². The molecule has 0 bridgehead atoms. The monoisotopic (exact) mass is 329 g/mol. The minimum atomic E-state index is 0.0133. The summed E-state index contributed by atoms with van der Waals surface area (Å²) in [5.41, 5.74) is 1.05. The van der Waals surface area contributed by atoms with E-state index in [0.29, 0.717) is 11.7 Å². The maximum Gasteiger partial charge on any atom is 0.248 e. The fraction of sp³-hybridized carbons (Fsp3) is 0.273. The molecule has 1 unspecified atom stereocenters. The Morgan fingerprint density at radius 3 is 2.88 bits per heavy atom. The van der Waals surface area contributed by atoms with Crippen molar-refractivity contribution >= 4 is 28.3 Å². The highest BCUT2D eigenvalue weighted by Crippen LogP contribution is 2.19. The molecule has 16 heavy (non-hydrogen) atoms. The molecule has 4 nitrogen and oxygen atoms in total. The van der Waals surface area contributed by atoms with Gasteiger partial charge in [0.15, 0.2) is 5.82 Å². The number of nitrogens with zero attached hydrogens (tertiary/aromatic N) is 2. The van der Waals surface area contributed by atoms with Crippen molar-refractivity contribution in [2.75, 3.05) is 5.32 Å². The van der Waals surface area contributed by atoms with Gasteiger partial charge in [0.05, 0.1) is 0 Å². The number of halogens is 1. The highest BCUT2D eigenvalue weighted by molar-refractivity contribution is 14.1. The van der Waals surface area contributed by atoms with Crippen LogP contribution < -0.4 is 5.32 Å². The van der Waals surface area contributed by atoms with Crippen molar-refractivity contribution in [3.63, 3.8) is 0 Å². The van der Waals surface area contributed by atoms with Crippen LogP contribution in [0.2, 0.25) is 0 Å². The summed E-state index contributed by atoms with van der Waals surface area (Å²) in [7, 11) is 0. The standard InChI is InChI=1S/C11H12IN3O/c1-7(11-14-8(2)15-16-11)13-10-5-3-4-9(12)6-10/h3-7,13H,1-2H3. The number of benzene rings is 1. The Labute approximate surface area is 108 Å². The summed E-state index contributed by atoms with van der Waals surface area (Å²) >= 11 is 2.28. The van der Waals surface area contributed by atoms with Crippen LogP contribution in [0.5, 0.6) is 0 Å². The molecule has 84 valence electrons. The zero-order chi connectivity index (χ0) is 11.5. The fourth-order valence-electron chi connectivity index (χ4n) is 1.38. The zero-order valence-corrected chi connectivity index (χ0v) is 11.2. The number of aromatic nitrogens is 2. The summed E-state index contributed by atoms with van der Waals surface area (Å²) < 4.78 is 6.29. The van der Waals surface area contributed by atoms with E-state index in [0.717, 1.165) is 5.69 Å². The molecule has 0 aliphatic rings. The van der Waals surface area contributed by atoms with E-state index < -0.39 is 0 Å². The van der Waals surface area contributed by atoms with Crippen LogP contribution in [0.1, 0.15) is 24.7 Å². The molecule has 0 amide bonds. The second kappa shape index (κ2) is 4.82. The van der Waals surface area contributed by atoms with Crippen molar-refractivity contribution in [3.05, 3.63) is 39.6 Å². The van der Waals surface area contributed by atoms with Crippen molar-refractivity contribution in [2.24, 2.45) is 0 Å². The van der Waals surface area contributed by atoms with Crippen LogP contribution in [0.3, 0.4) is 0 Å². The van der Waals surface area contributed by atoms with Crippen molar-refractivity contribution in [2.45, 2.75) is 19.9 Å². The first-order valence-corrected chi connectivity index (χ1v) is 6.05. The van der Waals surface area contributed by atoms with E-state index in [-0.39, 0.29) is 6.04 Å². The molecule has 5 heteroatoms. The lowest BCUT2D eigenvalue weighted by Gasteiger charge is -2.11. The first kappa shape index (κ1) is 11.4. The third-order valence-corrected chi connectivity index (χ3v) is 2.79. The van der Waals surface area contributed by atoms with Gasteiger partial charge in [0.2, 0.25) is 5.89 Å². The van der Waals surface area contributed by atoms with Crippen molar-refractivity contribution < 1.29 is 4.52 Å². The molecule has 0 spiro atoms. The topological polar surface area (TPSA) is 51.0 Å². The van der Waals surface area contributed by atoms with E-state index in [2.05, 4.69) is 44.1 Å². The van der Waals surface area contributed by atoms with E-state index in [1.54, 1.807) is 0 Å². The summed E-state index contributed by atoms with van der Waals surface area (Å²) in [5, 5.41) is 7.08. The van der Waals surface area contributed by atoms with Gasteiger partial charge in [-0.05, 0) is 54.6 Å². The summed E-state index contributed by atoms with van der Waals surface area (Å²) in [6.45, 7) is 3.80. The molecule has 0 aliphatic heterocycles. The Kier molecular flexibility index (Phi) is 3.42. The molecular weight excluding hydrogens is 317 g/mol. The molecule has 1 atom stereocenters. The van der Waals surface area contributed by atoms with E-state index >= 15 is 0 Å². The predicted molar refractivity (Wildman–Crippen MR) is 70.2 cm³/mol. The lowest BCUT2D eigenvalue weighted by molar-refractivity contribution is 0.364. The number of rotatable bonds is 3. The average molecular weight is 329 g/mol. The third kappa shape index (κ3) is 2.72. The largest absolute Gasteiger partial charge is 0.374 e. The zero-order valence-electron chi connectivity index (χ0n) is 9.07. The summed E-state index contributed by atoms with van der Waals surface area (Å²) in [6, 6.07) is 8.16. The molecule has 0 radical (unpaired) electrons. The van der Waals surface area contributed by atoms with Crippen molar-refractivity contribution in [1.82, 2.24) is 10.1 Å². The van der Waals surface area contributed by atoms with E-state index in [9.17, 15) is 0 Å². The smallest absolute Gasteiger partial charge is 0.248 e. The Morgan fingerprint density at radius 2 is 2.25 bits per heavy atom. The van der Waals surface area contributed by atoms with E-state index in [1.807, 2.05) is 32.0 Å². The molecule has 1 N–H and O–H groups in total. The van der Waals surface area contributed by atoms with Gasteiger partial charge in [0, 0.05) is 9.26 Å². The van der Waals surface area contributed by atoms with Gasteiger partial charge in [0.25, 0.3) is 0 Å². The Morgan fingerprint density at radius 1 is 1.44 bits per heavy atom. The number of anilines is 1. The molecule has 1 heterocycles. The van der Waals surface area contributed by atoms with Crippen LogP contribution >= 0.6 is 22.6 Å². The molecule has 1 aromatic heterocycles. The summed E-state index contributed by atoms with van der Waals surface area (Å²) in [4.78, 5) is 4.19. The second-order valence-corrected chi connectivity index (χ2v) is 4.80. The van der Waals surface area contributed by atoms with Gasteiger partial charge >= 0.3 is 0 Å². The van der Waals surface area contributed by atoms with Crippen LogP contribution in [-0.4, -0.2) is 10.1 Å². The Bertz CT molecular complexity index is 484. The molecule has 0 fully saturated rings. The highest BCUT2D eigenvalue weighted by atomic mass is 127. The van der Waals surface area contributed by atoms with Crippen LogP contribution in [0, 0.1) is 10.5 Å². The molecule has 0 aliphatic carbocycles. The van der Waals surface area contributed by atoms with Gasteiger partial charge in [0.1, 0.15) is 6.04 Å². The molecular formula is C11H12IN3O. The second-order valence-electron chi connectivity index (χ2n) is 3.56. The Balaban J connectivity index is 2.10. The molecule has 0 saturated carbocycles. The minimum Gasteiger partial charge on any atom is -0.374 e. The van der Waals surface area contributed by atoms with Crippen LogP contribution in [0.4, 0.5) is 5.69 Å². The van der Waals surface area contributed by atoms with Gasteiger partial charge in [-0.15, -0.1) is 0 Å². The Hall–Kier alpha value is -1.11. The van der Waals surface area contributed by atoms with Crippen LogP contribution in [0.15, 0.2) is 28.8 Å². The third-order valence-electron chi connectivity index (χ3n) is 2.12. The highest BCUT2D eigenvalue weighted by Gasteiger charge is 2.12. The van der Waals surface area contributed by atoms with Crippen LogP contribution in [0.25, 0.3) is 0 Å². The van der Waals surface area contributed by atoms with Gasteiger partial charge in [-0.1, -0.05) is 11.2 Å². The normalized spacial score (nSPS) is 12.4. The summed E-state index contributed by atoms with van der Waals surface area (Å²) in [5.74, 6) is 1.27. The molecule has 1 aromatic carbocycles. The van der Waals surface area contributed by atoms with E-state index in [1.165, 1.54) is 3.57 Å². The number of hydrogen-bond acceptors (Lipinski definition) is 4. The molecule has 0 saturated heterocycles. The average Bonchev–Trinajstić information content (AvgIpc) is 2.65. The molecule has 2 aromatic rings. The summed E-state index contributed by atoms with van der Waals surface area (Å²) in [6.07, 6.45) is 0. The first-order valence-electron chi connectivity index (χ1n) is 4.97. The fourth-order valence-corrected chi connectivity index (χ4v) is 1.92. The minimum absolute atomic E-state index is 0.0133. The molecule has 2 rings (SSSR count). The van der Waals surface area contributed by atoms with Crippen molar-refractivity contribution in [1.29, 1.82) is 0 Å². The quantitative estimate of drug-likeness (QED) is 0.879. The van der Waals surface area contributed by atoms with Crippen molar-refractivity contribution in [3.8, 4) is 0 Å². The lowest BCUT2D eigenvalue weighted by Crippen LogP contribution is -2.07. The van der Waals surface area contributed by atoms with Gasteiger partial charge in [-0.3, -0.25) is 0 Å². The SMILES string of the molecule is Cc1noc(C(C)Nc2cccc(I)c2)n1. The maximum absolute atomic E-state index is 5.10. The predicted octanol–water partition coefficient (Wildman–Crippen LogP) is 3.16. The van der Waals surface area contributed by atoms with Gasteiger partial charge < -0.3 is 9.84 Å². The first-order chi connectivity index (χ1) is 7.65. The van der Waals surface area contributed by atoms with Gasteiger partial charge in [-0.2, -0.15) is 4.98 Å². The lowest BCUT2D eigenvalue weighted by atomic mass is 10.2. The number of hydrogen-bond donors (Lipinski definition) is 1. The van der Waals surface area contributed by atoms with Gasteiger partial charge in [-0.25, -0.2) is 0 Å². The van der Waals surface area contributed by atoms with Crippen LogP contribution in [-0.2, 0) is 0 Å². The number of aryl methyl sites for hydroxylation is 1.